The van der Waals surface area contributed by atoms with Crippen LogP contribution in [-0.4, -0.2) is 26.5 Å². The Balaban J connectivity index is 1.66. The molecule has 3 aromatic rings. The van der Waals surface area contributed by atoms with Gasteiger partial charge >= 0.3 is 0 Å². The number of aromatic nitrogens is 3. The number of benzene rings is 1. The zero-order chi connectivity index (χ0) is 17.2. The average Bonchev–Trinajstić information content (AvgIpc) is 3.07. The number of nitrogens with one attached hydrogen (secondary N) is 1. The van der Waals surface area contributed by atoms with Gasteiger partial charge in [-0.3, -0.25) is 9.20 Å². The normalized spacial score (nSPS) is 15.4. The molecule has 1 saturated carbocycles. The Morgan fingerprint density at radius 1 is 1.08 bits per heavy atom. The fourth-order valence-electron chi connectivity index (χ4n) is 3.40. The molecule has 128 valence electrons. The molecular formula is C19H19FN4O. The SMILES string of the molecule is O=C(NC1CCCCC1)c1cccn2c(-c3ccc(F)cc3)nnc12. The van der Waals surface area contributed by atoms with Crippen LogP contribution in [0.1, 0.15) is 42.5 Å². The molecule has 0 atom stereocenters. The standard InChI is InChI=1S/C19H19FN4O/c20-14-10-8-13(9-11-14)17-22-23-18-16(7-4-12-24(17)18)19(25)21-15-5-2-1-3-6-15/h4,7-12,15H,1-3,5-6H2,(H,21,25). The van der Waals surface area contributed by atoms with Gasteiger partial charge in [-0.25, -0.2) is 4.39 Å². The predicted octanol–water partition coefficient (Wildman–Crippen LogP) is 3.60. The number of pyridine rings is 1. The van der Waals surface area contributed by atoms with Gasteiger partial charge in [0.1, 0.15) is 5.82 Å². The van der Waals surface area contributed by atoms with Crippen molar-refractivity contribution in [3.05, 3.63) is 54.0 Å². The third-order valence-electron chi connectivity index (χ3n) is 4.72. The molecule has 4 rings (SSSR count). The second kappa shape index (κ2) is 6.63. The van der Waals surface area contributed by atoms with Crippen LogP contribution in [-0.2, 0) is 0 Å². The Bertz CT molecular complexity index is 897. The van der Waals surface area contributed by atoms with Crippen LogP contribution in [0.4, 0.5) is 4.39 Å². The lowest BCUT2D eigenvalue weighted by Crippen LogP contribution is -2.36. The van der Waals surface area contributed by atoms with E-state index in [4.69, 9.17) is 0 Å². The van der Waals surface area contributed by atoms with Gasteiger partial charge in [-0.15, -0.1) is 10.2 Å². The van der Waals surface area contributed by atoms with Crippen molar-refractivity contribution >= 4 is 11.6 Å². The smallest absolute Gasteiger partial charge is 0.255 e. The molecule has 1 fully saturated rings. The molecule has 1 aliphatic carbocycles. The van der Waals surface area contributed by atoms with Gasteiger partial charge in [0, 0.05) is 17.8 Å². The highest BCUT2D eigenvalue weighted by Crippen LogP contribution is 2.21. The molecule has 0 unspecified atom stereocenters. The zero-order valence-electron chi connectivity index (χ0n) is 13.8. The lowest BCUT2D eigenvalue weighted by molar-refractivity contribution is 0.0929. The van der Waals surface area contributed by atoms with Crippen LogP contribution in [0.25, 0.3) is 17.0 Å². The molecule has 5 nitrogen and oxygen atoms in total. The molecule has 1 aliphatic rings. The Kier molecular flexibility index (Phi) is 4.17. The largest absolute Gasteiger partial charge is 0.349 e. The number of carbonyl (C=O) groups is 1. The van der Waals surface area contributed by atoms with Gasteiger partial charge in [0.15, 0.2) is 11.5 Å². The van der Waals surface area contributed by atoms with Gasteiger partial charge in [-0.05, 0) is 49.2 Å². The van der Waals surface area contributed by atoms with Gasteiger partial charge in [0.2, 0.25) is 0 Å². The second-order valence-electron chi connectivity index (χ2n) is 6.45. The second-order valence-corrected chi connectivity index (χ2v) is 6.45. The average molecular weight is 338 g/mol. The van der Waals surface area contributed by atoms with Gasteiger partial charge < -0.3 is 5.32 Å². The molecule has 6 heteroatoms. The van der Waals surface area contributed by atoms with E-state index in [1.165, 1.54) is 18.6 Å². The van der Waals surface area contributed by atoms with Crippen LogP contribution >= 0.6 is 0 Å². The van der Waals surface area contributed by atoms with Gasteiger partial charge in [-0.1, -0.05) is 19.3 Å². The van der Waals surface area contributed by atoms with E-state index >= 15 is 0 Å². The number of fused-ring (bicyclic) bond motifs is 1. The first kappa shape index (κ1) is 15.7. The highest BCUT2D eigenvalue weighted by Gasteiger charge is 2.20. The van der Waals surface area contributed by atoms with Crippen molar-refractivity contribution in [3.8, 4) is 11.4 Å². The van der Waals surface area contributed by atoms with Crippen LogP contribution in [0.2, 0.25) is 0 Å². The number of halogens is 1. The Labute approximate surface area is 144 Å². The fraction of sp³-hybridized carbons (Fsp3) is 0.316. The molecule has 2 aromatic heterocycles. The summed E-state index contributed by atoms with van der Waals surface area (Å²) in [5.41, 5.74) is 1.77. The predicted molar refractivity (Wildman–Crippen MR) is 92.7 cm³/mol. The molecule has 0 saturated heterocycles. The highest BCUT2D eigenvalue weighted by atomic mass is 19.1. The van der Waals surface area contributed by atoms with E-state index in [0.717, 1.165) is 31.2 Å². The lowest BCUT2D eigenvalue weighted by Gasteiger charge is -2.22. The van der Waals surface area contributed by atoms with Crippen molar-refractivity contribution in [2.45, 2.75) is 38.1 Å². The molecule has 0 bridgehead atoms. The van der Waals surface area contributed by atoms with Crippen molar-refractivity contribution in [2.24, 2.45) is 0 Å². The van der Waals surface area contributed by atoms with Crippen molar-refractivity contribution in [1.29, 1.82) is 0 Å². The Morgan fingerprint density at radius 3 is 2.60 bits per heavy atom. The summed E-state index contributed by atoms with van der Waals surface area (Å²) >= 11 is 0. The summed E-state index contributed by atoms with van der Waals surface area (Å²) < 4.78 is 14.9. The molecule has 1 amide bonds. The number of rotatable bonds is 3. The minimum atomic E-state index is -0.301. The minimum Gasteiger partial charge on any atom is -0.349 e. The van der Waals surface area contributed by atoms with Crippen LogP contribution in [0.3, 0.4) is 0 Å². The van der Waals surface area contributed by atoms with Crippen molar-refractivity contribution < 1.29 is 9.18 Å². The van der Waals surface area contributed by atoms with Crippen molar-refractivity contribution in [3.63, 3.8) is 0 Å². The summed E-state index contributed by atoms with van der Waals surface area (Å²) in [6, 6.07) is 9.88. The summed E-state index contributed by atoms with van der Waals surface area (Å²) in [4.78, 5) is 12.7. The van der Waals surface area contributed by atoms with E-state index in [2.05, 4.69) is 15.5 Å². The monoisotopic (exact) mass is 338 g/mol. The van der Waals surface area contributed by atoms with Crippen LogP contribution in [0.5, 0.6) is 0 Å². The van der Waals surface area contributed by atoms with Crippen molar-refractivity contribution in [1.82, 2.24) is 19.9 Å². The molecule has 0 radical (unpaired) electrons. The summed E-state index contributed by atoms with van der Waals surface area (Å²) in [5.74, 6) is 0.169. The third-order valence-corrected chi connectivity index (χ3v) is 4.72. The highest BCUT2D eigenvalue weighted by molar-refractivity contribution is 6.00. The number of hydrogen-bond acceptors (Lipinski definition) is 3. The Hall–Kier alpha value is -2.76. The summed E-state index contributed by atoms with van der Waals surface area (Å²) in [6.45, 7) is 0. The first-order chi connectivity index (χ1) is 12.2. The van der Waals surface area contributed by atoms with Gasteiger partial charge in [-0.2, -0.15) is 0 Å². The van der Waals surface area contributed by atoms with E-state index in [0.29, 0.717) is 17.0 Å². The maximum Gasteiger partial charge on any atom is 0.255 e. The lowest BCUT2D eigenvalue weighted by atomic mass is 9.95. The van der Waals surface area contributed by atoms with Crippen LogP contribution in [0.15, 0.2) is 42.6 Å². The number of nitrogens with zero attached hydrogens (tertiary/aromatic N) is 3. The molecule has 2 heterocycles. The molecule has 0 spiro atoms. The van der Waals surface area contributed by atoms with Gasteiger partial charge in [0.25, 0.3) is 5.91 Å². The van der Waals surface area contributed by atoms with Crippen LogP contribution < -0.4 is 5.32 Å². The first-order valence-corrected chi connectivity index (χ1v) is 8.63. The van der Waals surface area contributed by atoms with E-state index in [1.54, 1.807) is 28.7 Å². The van der Waals surface area contributed by atoms with E-state index in [-0.39, 0.29) is 17.8 Å². The van der Waals surface area contributed by atoms with E-state index in [1.807, 2.05) is 6.20 Å². The zero-order valence-corrected chi connectivity index (χ0v) is 13.8. The maximum atomic E-state index is 13.1. The summed E-state index contributed by atoms with van der Waals surface area (Å²) in [7, 11) is 0. The first-order valence-electron chi connectivity index (χ1n) is 8.63. The molecule has 1 N–H and O–H groups in total. The summed E-state index contributed by atoms with van der Waals surface area (Å²) in [5, 5.41) is 11.5. The Morgan fingerprint density at radius 2 is 1.84 bits per heavy atom. The fourth-order valence-corrected chi connectivity index (χ4v) is 3.40. The summed E-state index contributed by atoms with van der Waals surface area (Å²) in [6.07, 6.45) is 7.44. The van der Waals surface area contributed by atoms with Crippen LogP contribution in [0, 0.1) is 5.82 Å². The molecular weight excluding hydrogens is 319 g/mol. The topological polar surface area (TPSA) is 59.3 Å². The van der Waals surface area contributed by atoms with Gasteiger partial charge in [0.05, 0.1) is 5.56 Å². The quantitative estimate of drug-likeness (QED) is 0.794. The number of hydrogen-bond donors (Lipinski definition) is 1. The van der Waals surface area contributed by atoms with E-state index < -0.39 is 0 Å². The van der Waals surface area contributed by atoms with E-state index in [9.17, 15) is 9.18 Å². The number of amides is 1. The van der Waals surface area contributed by atoms with Crippen molar-refractivity contribution in [2.75, 3.05) is 0 Å². The minimum absolute atomic E-state index is 0.115. The molecule has 25 heavy (non-hydrogen) atoms. The maximum absolute atomic E-state index is 13.1. The molecule has 1 aromatic carbocycles. The molecule has 0 aliphatic heterocycles. The third kappa shape index (κ3) is 3.12. The number of carbonyl (C=O) groups excluding carboxylic acids is 1.